The normalized spacial score (nSPS) is 17.5. The van der Waals surface area contributed by atoms with Gasteiger partial charge in [0.2, 0.25) is 0 Å². The van der Waals surface area contributed by atoms with Crippen LogP contribution >= 0.6 is 0 Å². The van der Waals surface area contributed by atoms with Crippen LogP contribution in [0.2, 0.25) is 0 Å². The van der Waals surface area contributed by atoms with Crippen LogP contribution in [0.3, 0.4) is 0 Å². The average Bonchev–Trinajstić information content (AvgIpc) is 3.02. The molecule has 27 heavy (non-hydrogen) atoms. The highest BCUT2D eigenvalue weighted by atomic mass is 32.2. The monoisotopic (exact) mass is 387 g/mol. The summed E-state index contributed by atoms with van der Waals surface area (Å²) in [6, 6.07) is 11.7. The molecule has 0 aliphatic carbocycles. The molecule has 0 radical (unpaired) electrons. The lowest BCUT2D eigenvalue weighted by Gasteiger charge is -2.28. The zero-order valence-corrected chi connectivity index (χ0v) is 16.2. The van der Waals surface area contributed by atoms with Crippen molar-refractivity contribution in [3.05, 3.63) is 65.1 Å². The predicted molar refractivity (Wildman–Crippen MR) is 104 cm³/mol. The quantitative estimate of drug-likeness (QED) is 0.789. The van der Waals surface area contributed by atoms with Crippen molar-refractivity contribution in [2.45, 2.75) is 13.0 Å². The van der Waals surface area contributed by atoms with Crippen molar-refractivity contribution in [3.8, 4) is 11.5 Å². The van der Waals surface area contributed by atoms with Gasteiger partial charge in [0.25, 0.3) is 5.91 Å². The van der Waals surface area contributed by atoms with E-state index in [0.29, 0.717) is 22.7 Å². The van der Waals surface area contributed by atoms with Crippen LogP contribution in [0.25, 0.3) is 0 Å². The second kappa shape index (κ2) is 7.44. The Balaban J connectivity index is 2.06. The van der Waals surface area contributed by atoms with Crippen molar-refractivity contribution in [2.75, 3.05) is 24.9 Å². The van der Waals surface area contributed by atoms with E-state index in [-0.39, 0.29) is 11.7 Å². The molecule has 0 bridgehead atoms. The minimum absolute atomic E-state index is 0.145. The van der Waals surface area contributed by atoms with Crippen LogP contribution in [0, 0.1) is 6.92 Å². The zero-order valence-electron chi connectivity index (χ0n) is 15.4. The van der Waals surface area contributed by atoms with Crippen LogP contribution in [0.15, 0.2) is 53.9 Å². The van der Waals surface area contributed by atoms with Crippen LogP contribution < -0.4 is 14.4 Å². The molecule has 3 rings (SSSR count). The first-order chi connectivity index (χ1) is 12.8. The summed E-state index contributed by atoms with van der Waals surface area (Å²) in [5, 5.41) is 1.16. The van der Waals surface area contributed by atoms with Gasteiger partial charge in [-0.2, -0.15) is 0 Å². The lowest BCUT2D eigenvalue weighted by Crippen LogP contribution is -2.41. The molecule has 7 heteroatoms. The van der Waals surface area contributed by atoms with Crippen LogP contribution in [-0.4, -0.2) is 40.3 Å². The minimum Gasteiger partial charge on any atom is -0.497 e. The molecule has 0 saturated heterocycles. The van der Waals surface area contributed by atoms with Gasteiger partial charge in [-0.3, -0.25) is 4.79 Å². The smallest absolute Gasteiger partial charge is 0.259 e. The number of anilines is 1. The van der Waals surface area contributed by atoms with Gasteiger partial charge in [-0.1, -0.05) is 17.7 Å². The van der Waals surface area contributed by atoms with Gasteiger partial charge < -0.3 is 14.4 Å². The van der Waals surface area contributed by atoms with Crippen molar-refractivity contribution in [1.29, 1.82) is 0 Å². The molecule has 1 aliphatic rings. The third-order valence-electron chi connectivity index (χ3n) is 4.37. The van der Waals surface area contributed by atoms with Crippen molar-refractivity contribution in [2.24, 2.45) is 0 Å². The number of nitrogens with zero attached hydrogens (tertiary/aromatic N) is 1. The highest BCUT2D eigenvalue weighted by Gasteiger charge is 2.32. The number of benzene rings is 2. The summed E-state index contributed by atoms with van der Waals surface area (Å²) in [6.07, 6.45) is 1.55. The average molecular weight is 387 g/mol. The molecule has 0 unspecified atom stereocenters. The number of carbonyl (C=O) groups is 1. The van der Waals surface area contributed by atoms with E-state index in [1.165, 1.54) is 19.1 Å². The molecule has 1 atom stereocenters. The molecule has 2 aromatic carbocycles. The lowest BCUT2D eigenvalue weighted by molar-refractivity contribution is 0.0982. The number of aryl methyl sites for hydroxylation is 1. The molecule has 0 fully saturated rings. The molecule has 0 saturated carbocycles. The largest absolute Gasteiger partial charge is 0.497 e. The van der Waals surface area contributed by atoms with Gasteiger partial charge in [-0.05, 0) is 37.3 Å². The van der Waals surface area contributed by atoms with Gasteiger partial charge in [0.1, 0.15) is 11.5 Å². The van der Waals surface area contributed by atoms with Crippen molar-refractivity contribution < 1.29 is 22.7 Å². The first kappa shape index (κ1) is 19.0. The van der Waals surface area contributed by atoms with Gasteiger partial charge in [-0.15, -0.1) is 0 Å². The van der Waals surface area contributed by atoms with Crippen LogP contribution in [0.1, 0.15) is 15.9 Å². The van der Waals surface area contributed by atoms with Gasteiger partial charge in [0, 0.05) is 22.7 Å². The molecule has 6 nitrogen and oxygen atoms in total. The molecule has 1 heterocycles. The van der Waals surface area contributed by atoms with E-state index in [1.807, 2.05) is 31.2 Å². The molecular formula is C20H21NO5S. The van der Waals surface area contributed by atoms with Gasteiger partial charge in [0.05, 0.1) is 26.0 Å². The maximum Gasteiger partial charge on any atom is 0.259 e. The Morgan fingerprint density at radius 2 is 1.63 bits per heavy atom. The number of amides is 1. The summed E-state index contributed by atoms with van der Waals surface area (Å²) in [4.78, 5) is 14.8. The number of hydrogen-bond acceptors (Lipinski definition) is 5. The first-order valence-electron chi connectivity index (χ1n) is 8.37. The molecule has 142 valence electrons. The fourth-order valence-electron chi connectivity index (χ4n) is 2.95. The Kier molecular flexibility index (Phi) is 5.23. The lowest BCUT2D eigenvalue weighted by atomic mass is 10.1. The van der Waals surface area contributed by atoms with E-state index < -0.39 is 15.9 Å². The maximum atomic E-state index is 13.4. The molecular weight excluding hydrogens is 366 g/mol. The van der Waals surface area contributed by atoms with Crippen LogP contribution in [-0.2, 0) is 9.84 Å². The summed E-state index contributed by atoms with van der Waals surface area (Å²) >= 11 is 0. The van der Waals surface area contributed by atoms with Crippen LogP contribution in [0.4, 0.5) is 5.69 Å². The predicted octanol–water partition coefficient (Wildman–Crippen LogP) is 2.97. The number of rotatable bonds is 5. The Labute approximate surface area is 158 Å². The van der Waals surface area contributed by atoms with Crippen molar-refractivity contribution >= 4 is 21.4 Å². The SMILES string of the molecule is COc1cc(OC)cc(C(=O)N(c2ccc(C)cc2)[C@@H]2C=CS(=O)(=O)C2)c1. The van der Waals surface area contributed by atoms with E-state index in [4.69, 9.17) is 9.47 Å². The Morgan fingerprint density at radius 1 is 1.04 bits per heavy atom. The fraction of sp³-hybridized carbons (Fsp3) is 0.250. The van der Waals surface area contributed by atoms with Crippen LogP contribution in [0.5, 0.6) is 11.5 Å². The first-order valence-corrected chi connectivity index (χ1v) is 10.1. The van der Waals surface area contributed by atoms with E-state index in [2.05, 4.69) is 0 Å². The van der Waals surface area contributed by atoms with Gasteiger partial charge >= 0.3 is 0 Å². The fourth-order valence-corrected chi connectivity index (χ4v) is 4.22. The van der Waals surface area contributed by atoms with E-state index in [0.717, 1.165) is 11.0 Å². The number of hydrogen-bond donors (Lipinski definition) is 0. The summed E-state index contributed by atoms with van der Waals surface area (Å²) in [7, 11) is -0.308. The second-order valence-electron chi connectivity index (χ2n) is 6.34. The topological polar surface area (TPSA) is 72.9 Å². The summed E-state index contributed by atoms with van der Waals surface area (Å²) in [5.41, 5.74) is 2.02. The molecule has 0 aromatic heterocycles. The molecule has 1 amide bonds. The van der Waals surface area contributed by atoms with Crippen molar-refractivity contribution in [3.63, 3.8) is 0 Å². The molecule has 2 aromatic rings. The molecule has 0 spiro atoms. The number of ether oxygens (including phenoxy) is 2. The minimum atomic E-state index is -3.32. The number of carbonyl (C=O) groups excluding carboxylic acids is 1. The summed E-state index contributed by atoms with van der Waals surface area (Å²) < 4.78 is 34.3. The van der Waals surface area contributed by atoms with Gasteiger partial charge in [-0.25, -0.2) is 8.42 Å². The Bertz CT molecular complexity index is 958. The van der Waals surface area contributed by atoms with Gasteiger partial charge in [0.15, 0.2) is 9.84 Å². The maximum absolute atomic E-state index is 13.4. The zero-order chi connectivity index (χ0) is 19.6. The third kappa shape index (κ3) is 4.14. The second-order valence-corrected chi connectivity index (χ2v) is 8.27. The third-order valence-corrected chi connectivity index (χ3v) is 5.75. The molecule has 1 aliphatic heterocycles. The summed E-state index contributed by atoms with van der Waals surface area (Å²) in [6.45, 7) is 1.95. The standard InChI is InChI=1S/C20H21NO5S/c1-14-4-6-16(7-5-14)21(17-8-9-27(23,24)13-17)20(22)15-10-18(25-2)12-19(11-15)26-3/h4-12,17H,13H2,1-3H3/t17-/m1/s1. The number of sulfone groups is 1. The number of methoxy groups -OCH3 is 2. The molecule has 0 N–H and O–H groups in total. The van der Waals surface area contributed by atoms with Crippen molar-refractivity contribution in [1.82, 2.24) is 0 Å². The Hall–Kier alpha value is -2.80. The summed E-state index contributed by atoms with van der Waals surface area (Å²) in [5.74, 6) is 0.489. The highest BCUT2D eigenvalue weighted by Crippen LogP contribution is 2.28. The van der Waals surface area contributed by atoms with E-state index in [9.17, 15) is 13.2 Å². The van der Waals surface area contributed by atoms with E-state index in [1.54, 1.807) is 24.3 Å². The van der Waals surface area contributed by atoms with E-state index >= 15 is 0 Å². The highest BCUT2D eigenvalue weighted by molar-refractivity contribution is 7.94. The Morgan fingerprint density at radius 3 is 2.11 bits per heavy atom.